The lowest BCUT2D eigenvalue weighted by Crippen LogP contribution is -2.55. The largest absolute Gasteiger partial charge is 0.353 e. The molecule has 0 saturated carbocycles. The normalized spacial score (nSPS) is 14.7. The number of hydrogen-bond acceptors (Lipinski definition) is 4. The minimum Gasteiger partial charge on any atom is -0.353 e. The first-order valence-electron chi connectivity index (χ1n) is 12.2. The Morgan fingerprint density at radius 2 is 1.73 bits per heavy atom. The molecule has 1 aliphatic rings. The highest BCUT2D eigenvalue weighted by Crippen LogP contribution is 2.27. The number of rotatable bonds is 5. The molecule has 0 bridgehead atoms. The van der Waals surface area contributed by atoms with Crippen LogP contribution in [0.25, 0.3) is 0 Å². The van der Waals surface area contributed by atoms with E-state index in [4.69, 9.17) is 9.97 Å². The summed E-state index contributed by atoms with van der Waals surface area (Å²) in [6.07, 6.45) is 1.69. The molecule has 0 atom stereocenters. The van der Waals surface area contributed by atoms with Gasteiger partial charge in [0.25, 0.3) is 0 Å². The smallest absolute Gasteiger partial charge is 0.317 e. The van der Waals surface area contributed by atoms with Crippen LogP contribution < -0.4 is 10.2 Å². The zero-order valence-electron chi connectivity index (χ0n) is 21.7. The lowest BCUT2D eigenvalue weighted by molar-refractivity contribution is 0.185. The zero-order chi connectivity index (χ0) is 24.3. The van der Waals surface area contributed by atoms with Crippen molar-refractivity contribution < 1.29 is 4.79 Å². The predicted molar refractivity (Wildman–Crippen MR) is 136 cm³/mol. The van der Waals surface area contributed by atoms with Gasteiger partial charge in [0, 0.05) is 55.8 Å². The second-order valence-corrected chi connectivity index (χ2v) is 10.9. The van der Waals surface area contributed by atoms with Crippen LogP contribution >= 0.6 is 0 Å². The first-order valence-corrected chi connectivity index (χ1v) is 12.2. The Kier molecular flexibility index (Phi) is 7.65. The Morgan fingerprint density at radius 3 is 2.33 bits per heavy atom. The number of nitrogens with zero attached hydrogens (tertiary/aromatic N) is 4. The highest BCUT2D eigenvalue weighted by atomic mass is 16.2. The van der Waals surface area contributed by atoms with E-state index in [1.165, 1.54) is 22.3 Å². The summed E-state index contributed by atoms with van der Waals surface area (Å²) in [5, 5.41) is 3.08. The van der Waals surface area contributed by atoms with Gasteiger partial charge in [-0.3, -0.25) is 0 Å². The van der Waals surface area contributed by atoms with Crippen LogP contribution in [0.5, 0.6) is 0 Å². The number of aryl methyl sites for hydroxylation is 3. The molecule has 1 aromatic heterocycles. The van der Waals surface area contributed by atoms with Crippen LogP contribution in [0.15, 0.2) is 18.2 Å². The molecule has 2 aromatic rings. The first kappa shape index (κ1) is 25.0. The standard InChI is InChI=1S/C27H41N5O/c1-18(2)15-24-28-21(5)23(17-22-16-19(3)9-10-20(22)4)25(29-24)31-11-13-32(14-12-31)26(33)30-27(6,7)8/h9-10,16,18H,11-15,17H2,1-8H3,(H,30,33). The third-order valence-corrected chi connectivity index (χ3v) is 6.05. The van der Waals surface area contributed by atoms with Crippen LogP contribution in [0.4, 0.5) is 10.6 Å². The molecule has 0 spiro atoms. The van der Waals surface area contributed by atoms with E-state index < -0.39 is 0 Å². The third-order valence-electron chi connectivity index (χ3n) is 6.05. The van der Waals surface area contributed by atoms with Crippen molar-refractivity contribution in [2.75, 3.05) is 31.1 Å². The minimum atomic E-state index is -0.234. The molecule has 0 radical (unpaired) electrons. The SMILES string of the molecule is Cc1ccc(C)c(Cc2c(C)nc(CC(C)C)nc2N2CCN(C(=O)NC(C)(C)C)CC2)c1. The molecule has 1 aromatic carbocycles. The number of hydrogen-bond donors (Lipinski definition) is 1. The van der Waals surface area contributed by atoms with Gasteiger partial charge in [0.15, 0.2) is 0 Å². The highest BCUT2D eigenvalue weighted by Gasteiger charge is 2.27. The Balaban J connectivity index is 1.88. The molecule has 1 aliphatic heterocycles. The van der Waals surface area contributed by atoms with Crippen LogP contribution in [0, 0.1) is 26.7 Å². The van der Waals surface area contributed by atoms with E-state index >= 15 is 0 Å². The number of amides is 2. The van der Waals surface area contributed by atoms with Crippen molar-refractivity contribution in [3.8, 4) is 0 Å². The third kappa shape index (κ3) is 6.68. The predicted octanol–water partition coefficient (Wildman–Crippen LogP) is 4.82. The summed E-state index contributed by atoms with van der Waals surface area (Å²) in [6, 6.07) is 6.64. The molecule has 3 rings (SSSR count). The van der Waals surface area contributed by atoms with E-state index in [1.54, 1.807) is 0 Å². The van der Waals surface area contributed by atoms with Crippen molar-refractivity contribution in [3.05, 3.63) is 52.0 Å². The maximum Gasteiger partial charge on any atom is 0.317 e. The van der Waals surface area contributed by atoms with E-state index in [1.807, 2.05) is 25.7 Å². The molecule has 6 heteroatoms. The molecule has 180 valence electrons. The summed E-state index contributed by atoms with van der Waals surface area (Å²) < 4.78 is 0. The first-order chi connectivity index (χ1) is 15.4. The summed E-state index contributed by atoms with van der Waals surface area (Å²) in [7, 11) is 0. The molecule has 0 unspecified atom stereocenters. The molecule has 2 amide bonds. The number of carbonyl (C=O) groups excluding carboxylic acids is 1. The van der Waals surface area contributed by atoms with Gasteiger partial charge in [0.1, 0.15) is 11.6 Å². The van der Waals surface area contributed by atoms with E-state index in [-0.39, 0.29) is 11.6 Å². The number of carbonyl (C=O) groups is 1. The van der Waals surface area contributed by atoms with E-state index in [9.17, 15) is 4.79 Å². The van der Waals surface area contributed by atoms with Crippen LogP contribution in [-0.2, 0) is 12.8 Å². The van der Waals surface area contributed by atoms with E-state index in [2.05, 4.69) is 63.0 Å². The van der Waals surface area contributed by atoms with Gasteiger partial charge in [-0.1, -0.05) is 37.6 Å². The molecule has 6 nitrogen and oxygen atoms in total. The molecule has 2 heterocycles. The average Bonchev–Trinajstić information content (AvgIpc) is 2.70. The lowest BCUT2D eigenvalue weighted by atomic mass is 9.97. The Morgan fingerprint density at radius 1 is 1.06 bits per heavy atom. The summed E-state index contributed by atoms with van der Waals surface area (Å²) >= 11 is 0. The molecule has 33 heavy (non-hydrogen) atoms. The van der Waals surface area contributed by atoms with Gasteiger partial charge in [-0.15, -0.1) is 0 Å². The van der Waals surface area contributed by atoms with Gasteiger partial charge in [-0.2, -0.15) is 0 Å². The Hall–Kier alpha value is -2.63. The topological polar surface area (TPSA) is 61.4 Å². The van der Waals surface area contributed by atoms with E-state index in [0.29, 0.717) is 19.0 Å². The monoisotopic (exact) mass is 451 g/mol. The Labute approximate surface area is 199 Å². The van der Waals surface area contributed by atoms with Crippen molar-refractivity contribution in [3.63, 3.8) is 0 Å². The quantitative estimate of drug-likeness (QED) is 0.708. The zero-order valence-corrected chi connectivity index (χ0v) is 21.7. The van der Waals surface area contributed by atoms with Crippen molar-refractivity contribution in [1.29, 1.82) is 0 Å². The maximum atomic E-state index is 12.6. The number of benzene rings is 1. The highest BCUT2D eigenvalue weighted by molar-refractivity contribution is 5.75. The van der Waals surface area contributed by atoms with Gasteiger partial charge in [-0.25, -0.2) is 14.8 Å². The maximum absolute atomic E-state index is 12.6. The van der Waals surface area contributed by atoms with Crippen LogP contribution in [0.1, 0.15) is 68.4 Å². The van der Waals surface area contributed by atoms with Crippen molar-refractivity contribution in [2.45, 2.75) is 73.8 Å². The average molecular weight is 452 g/mol. The molecule has 1 fully saturated rings. The lowest BCUT2D eigenvalue weighted by Gasteiger charge is -2.37. The second kappa shape index (κ2) is 10.1. The fourth-order valence-electron chi connectivity index (χ4n) is 4.26. The van der Waals surface area contributed by atoms with Crippen LogP contribution in [-0.4, -0.2) is 52.6 Å². The Bertz CT molecular complexity index is 985. The number of nitrogens with one attached hydrogen (secondary N) is 1. The van der Waals surface area contributed by atoms with Crippen molar-refractivity contribution in [2.24, 2.45) is 5.92 Å². The molecule has 0 aliphatic carbocycles. The van der Waals surface area contributed by atoms with Gasteiger partial charge in [0.05, 0.1) is 0 Å². The minimum absolute atomic E-state index is 0.0112. The van der Waals surface area contributed by atoms with Gasteiger partial charge in [0.2, 0.25) is 0 Å². The van der Waals surface area contributed by atoms with Crippen LogP contribution in [0.2, 0.25) is 0 Å². The van der Waals surface area contributed by atoms with Gasteiger partial charge < -0.3 is 15.1 Å². The number of piperazine rings is 1. The molecular formula is C27H41N5O. The fourth-order valence-corrected chi connectivity index (χ4v) is 4.26. The molecular weight excluding hydrogens is 410 g/mol. The number of aromatic nitrogens is 2. The molecule has 1 N–H and O–H groups in total. The van der Waals surface area contributed by atoms with Gasteiger partial charge in [-0.05, 0) is 58.6 Å². The summed E-state index contributed by atoms with van der Waals surface area (Å²) in [5.74, 6) is 2.45. The van der Waals surface area contributed by atoms with Crippen molar-refractivity contribution in [1.82, 2.24) is 20.2 Å². The van der Waals surface area contributed by atoms with E-state index in [0.717, 1.165) is 43.3 Å². The summed E-state index contributed by atoms with van der Waals surface area (Å²) in [6.45, 7) is 19.8. The fraction of sp³-hybridized carbons (Fsp3) is 0.593. The summed E-state index contributed by atoms with van der Waals surface area (Å²) in [4.78, 5) is 26.9. The number of anilines is 1. The van der Waals surface area contributed by atoms with Crippen LogP contribution in [0.3, 0.4) is 0 Å². The van der Waals surface area contributed by atoms with Gasteiger partial charge >= 0.3 is 6.03 Å². The second-order valence-electron chi connectivity index (χ2n) is 10.9. The number of urea groups is 1. The molecule has 1 saturated heterocycles. The summed E-state index contributed by atoms with van der Waals surface area (Å²) in [5.41, 5.74) is 5.91. The van der Waals surface area contributed by atoms with Crippen molar-refractivity contribution >= 4 is 11.8 Å².